The van der Waals surface area contributed by atoms with Gasteiger partial charge in [-0.15, -0.1) is 0 Å². The van der Waals surface area contributed by atoms with Crippen LogP contribution in [0.5, 0.6) is 5.75 Å². The fraction of sp³-hybridized carbons (Fsp3) is 0.462. The van der Waals surface area contributed by atoms with Crippen molar-refractivity contribution >= 4 is 5.91 Å². The predicted octanol–water partition coefficient (Wildman–Crippen LogP) is 1.54. The molecule has 0 aliphatic rings. The molecule has 1 rings (SSSR count). The van der Waals surface area contributed by atoms with Crippen LogP contribution in [0.1, 0.15) is 26.3 Å². The summed E-state index contributed by atoms with van der Waals surface area (Å²) in [5, 5.41) is 15.1. The van der Waals surface area contributed by atoms with Gasteiger partial charge in [-0.05, 0) is 39.0 Å². The van der Waals surface area contributed by atoms with Crippen molar-refractivity contribution in [1.82, 2.24) is 10.6 Å². The van der Waals surface area contributed by atoms with Crippen LogP contribution >= 0.6 is 0 Å². The third-order valence-corrected chi connectivity index (χ3v) is 2.16. The Kier molecular flexibility index (Phi) is 4.67. The molecule has 3 N–H and O–H groups in total. The van der Waals surface area contributed by atoms with E-state index in [-0.39, 0.29) is 30.3 Å². The maximum absolute atomic E-state index is 12.9. The number of phenolic OH excluding ortho intramolecular Hbond substituents is 1. The maximum Gasteiger partial charge on any atom is 0.234 e. The van der Waals surface area contributed by atoms with Gasteiger partial charge in [-0.2, -0.15) is 0 Å². The second-order valence-corrected chi connectivity index (χ2v) is 5.17. The number of rotatable bonds is 4. The molecule has 1 aromatic carbocycles. The van der Waals surface area contributed by atoms with Crippen LogP contribution in [0, 0.1) is 5.82 Å². The summed E-state index contributed by atoms with van der Waals surface area (Å²) in [7, 11) is 0. The summed E-state index contributed by atoms with van der Waals surface area (Å²) in [6.45, 7) is 6.03. The summed E-state index contributed by atoms with van der Waals surface area (Å²) in [6, 6.07) is 3.72. The van der Waals surface area contributed by atoms with Gasteiger partial charge in [-0.3, -0.25) is 4.79 Å². The molecule has 0 spiro atoms. The number of aromatic hydroxyl groups is 1. The number of nitrogens with one attached hydrogen (secondary N) is 2. The van der Waals surface area contributed by atoms with Crippen molar-refractivity contribution in [3.63, 3.8) is 0 Å². The highest BCUT2D eigenvalue weighted by molar-refractivity contribution is 5.78. The molecule has 0 aromatic heterocycles. The summed E-state index contributed by atoms with van der Waals surface area (Å²) >= 11 is 0. The van der Waals surface area contributed by atoms with E-state index < -0.39 is 5.82 Å². The van der Waals surface area contributed by atoms with Gasteiger partial charge >= 0.3 is 0 Å². The molecule has 4 nitrogen and oxygen atoms in total. The van der Waals surface area contributed by atoms with Crippen molar-refractivity contribution < 1.29 is 14.3 Å². The van der Waals surface area contributed by atoms with Crippen LogP contribution in [0.2, 0.25) is 0 Å². The minimum atomic E-state index is -0.413. The van der Waals surface area contributed by atoms with Gasteiger partial charge in [-0.25, -0.2) is 4.39 Å². The molecule has 0 unspecified atom stereocenters. The van der Waals surface area contributed by atoms with Crippen LogP contribution in [0.25, 0.3) is 0 Å². The van der Waals surface area contributed by atoms with E-state index >= 15 is 0 Å². The average molecular weight is 254 g/mol. The van der Waals surface area contributed by atoms with E-state index in [4.69, 9.17) is 0 Å². The lowest BCUT2D eigenvalue weighted by Crippen LogP contribution is -2.44. The normalized spacial score (nSPS) is 11.3. The Balaban J connectivity index is 2.42. The lowest BCUT2D eigenvalue weighted by Gasteiger charge is -2.20. The zero-order valence-electron chi connectivity index (χ0n) is 10.9. The van der Waals surface area contributed by atoms with Crippen molar-refractivity contribution in [3.8, 4) is 5.75 Å². The van der Waals surface area contributed by atoms with E-state index in [2.05, 4.69) is 10.6 Å². The lowest BCUT2D eigenvalue weighted by atomic mass is 10.1. The van der Waals surface area contributed by atoms with Crippen LogP contribution in [0.4, 0.5) is 4.39 Å². The van der Waals surface area contributed by atoms with Crippen molar-refractivity contribution in [2.75, 3.05) is 6.54 Å². The van der Waals surface area contributed by atoms with Crippen molar-refractivity contribution in [2.24, 2.45) is 0 Å². The molecule has 0 heterocycles. The first-order valence-corrected chi connectivity index (χ1v) is 5.77. The molecule has 0 saturated heterocycles. The molecule has 100 valence electrons. The van der Waals surface area contributed by atoms with Crippen molar-refractivity contribution in [2.45, 2.75) is 32.9 Å². The Morgan fingerprint density at radius 1 is 1.39 bits per heavy atom. The van der Waals surface area contributed by atoms with Crippen LogP contribution < -0.4 is 10.6 Å². The van der Waals surface area contributed by atoms with E-state index in [9.17, 15) is 14.3 Å². The Morgan fingerprint density at radius 3 is 2.67 bits per heavy atom. The Bertz CT molecular complexity index is 427. The largest absolute Gasteiger partial charge is 0.508 e. The molecule has 0 aliphatic heterocycles. The Morgan fingerprint density at radius 2 is 2.06 bits per heavy atom. The van der Waals surface area contributed by atoms with Gasteiger partial charge in [0.05, 0.1) is 6.54 Å². The fourth-order valence-corrected chi connectivity index (χ4v) is 1.47. The molecule has 0 bridgehead atoms. The number of phenols is 1. The third-order valence-electron chi connectivity index (χ3n) is 2.16. The molecule has 5 heteroatoms. The van der Waals surface area contributed by atoms with Gasteiger partial charge in [0.2, 0.25) is 5.91 Å². The SMILES string of the molecule is CC(C)(C)NC(=O)CNCc1cc(F)ccc1O. The number of amides is 1. The summed E-state index contributed by atoms with van der Waals surface area (Å²) in [4.78, 5) is 11.5. The number of hydrogen-bond donors (Lipinski definition) is 3. The van der Waals surface area contributed by atoms with E-state index in [0.29, 0.717) is 5.56 Å². The first-order valence-electron chi connectivity index (χ1n) is 5.77. The van der Waals surface area contributed by atoms with E-state index in [1.807, 2.05) is 20.8 Å². The van der Waals surface area contributed by atoms with Crippen molar-refractivity contribution in [1.29, 1.82) is 0 Å². The van der Waals surface area contributed by atoms with Crippen LogP contribution in [0.3, 0.4) is 0 Å². The first-order chi connectivity index (χ1) is 8.28. The van der Waals surface area contributed by atoms with Gasteiger partial charge in [0.15, 0.2) is 0 Å². The zero-order valence-corrected chi connectivity index (χ0v) is 10.9. The lowest BCUT2D eigenvalue weighted by molar-refractivity contribution is -0.121. The summed E-state index contributed by atoms with van der Waals surface area (Å²) in [5.74, 6) is -0.540. The van der Waals surface area contributed by atoms with E-state index in [0.717, 1.165) is 0 Å². The zero-order chi connectivity index (χ0) is 13.8. The number of carbonyl (C=O) groups excluding carboxylic acids is 1. The highest BCUT2D eigenvalue weighted by Crippen LogP contribution is 2.17. The number of hydrogen-bond acceptors (Lipinski definition) is 3. The van der Waals surface area contributed by atoms with Gasteiger partial charge in [0.25, 0.3) is 0 Å². The standard InChI is InChI=1S/C13H19FN2O2/c1-13(2,3)16-12(18)8-15-7-9-6-10(14)4-5-11(9)17/h4-6,15,17H,7-8H2,1-3H3,(H,16,18). The van der Waals surface area contributed by atoms with Gasteiger partial charge in [-0.1, -0.05) is 0 Å². The minimum Gasteiger partial charge on any atom is -0.508 e. The van der Waals surface area contributed by atoms with Crippen molar-refractivity contribution in [3.05, 3.63) is 29.6 Å². The molecular formula is C13H19FN2O2. The van der Waals surface area contributed by atoms with E-state index in [1.165, 1.54) is 18.2 Å². The number of carbonyl (C=O) groups is 1. The number of halogens is 1. The van der Waals surface area contributed by atoms with Gasteiger partial charge in [0, 0.05) is 17.6 Å². The molecule has 0 fully saturated rings. The quantitative estimate of drug-likeness (QED) is 0.763. The van der Waals surface area contributed by atoms with Gasteiger partial charge < -0.3 is 15.7 Å². The summed E-state index contributed by atoms with van der Waals surface area (Å²) in [6.07, 6.45) is 0. The molecule has 1 aromatic rings. The monoisotopic (exact) mass is 254 g/mol. The molecule has 0 aliphatic carbocycles. The second-order valence-electron chi connectivity index (χ2n) is 5.17. The molecule has 0 radical (unpaired) electrons. The van der Waals surface area contributed by atoms with Crippen LogP contribution in [0.15, 0.2) is 18.2 Å². The summed E-state index contributed by atoms with van der Waals surface area (Å²) in [5.41, 5.74) is 0.151. The topological polar surface area (TPSA) is 61.4 Å². The highest BCUT2D eigenvalue weighted by Gasteiger charge is 2.13. The molecule has 0 atom stereocenters. The highest BCUT2D eigenvalue weighted by atomic mass is 19.1. The smallest absolute Gasteiger partial charge is 0.234 e. The van der Waals surface area contributed by atoms with E-state index in [1.54, 1.807) is 0 Å². The summed E-state index contributed by atoms with van der Waals surface area (Å²) < 4.78 is 12.9. The first kappa shape index (κ1) is 14.4. The molecule has 1 amide bonds. The molecular weight excluding hydrogens is 235 g/mol. The second kappa shape index (κ2) is 5.82. The molecule has 18 heavy (non-hydrogen) atoms. The number of benzene rings is 1. The average Bonchev–Trinajstić information content (AvgIpc) is 2.20. The molecule has 0 saturated carbocycles. The van der Waals surface area contributed by atoms with Crippen LogP contribution in [-0.4, -0.2) is 23.1 Å². The van der Waals surface area contributed by atoms with Gasteiger partial charge in [0.1, 0.15) is 11.6 Å². The Hall–Kier alpha value is -1.62. The maximum atomic E-state index is 12.9. The predicted molar refractivity (Wildman–Crippen MR) is 67.7 cm³/mol. The minimum absolute atomic E-state index is 0.0140. The third kappa shape index (κ3) is 5.14. The fourth-order valence-electron chi connectivity index (χ4n) is 1.47. The Labute approximate surface area is 106 Å². The van der Waals surface area contributed by atoms with Crippen LogP contribution in [-0.2, 0) is 11.3 Å².